The van der Waals surface area contributed by atoms with E-state index in [1.807, 2.05) is 13.0 Å². The summed E-state index contributed by atoms with van der Waals surface area (Å²) in [5, 5.41) is 12.0. The summed E-state index contributed by atoms with van der Waals surface area (Å²) in [5.74, 6) is 1.73. The summed E-state index contributed by atoms with van der Waals surface area (Å²) in [6, 6.07) is 1.92. The van der Waals surface area contributed by atoms with Crippen LogP contribution in [0, 0.1) is 6.92 Å². The molecule has 5 nitrogen and oxygen atoms in total. The van der Waals surface area contributed by atoms with Crippen molar-refractivity contribution in [2.45, 2.75) is 77.6 Å². The molecule has 0 aliphatic carbocycles. The molecule has 0 aliphatic rings. The lowest BCUT2D eigenvalue weighted by molar-refractivity contribution is 0.311. The number of nitrogens with zero attached hydrogens (tertiary/aromatic N) is 2. The standard InChI is InChI=1S/C19H36N4O/c1-17-16-19(21-14-15-24)23-18(22-17)12-10-8-6-4-2-3-5-7-9-11-13-20/h16,24H,2-15,20H2,1H3,(H,21,22,23). The van der Waals surface area contributed by atoms with Gasteiger partial charge in [-0.15, -0.1) is 0 Å². The van der Waals surface area contributed by atoms with Gasteiger partial charge in [-0.3, -0.25) is 0 Å². The third-order valence-corrected chi connectivity index (χ3v) is 4.17. The van der Waals surface area contributed by atoms with Crippen molar-refractivity contribution in [1.29, 1.82) is 0 Å². The van der Waals surface area contributed by atoms with Gasteiger partial charge in [0.15, 0.2) is 0 Å². The summed E-state index contributed by atoms with van der Waals surface area (Å²) in [5.41, 5.74) is 6.48. The van der Waals surface area contributed by atoms with Gasteiger partial charge in [0.2, 0.25) is 0 Å². The van der Waals surface area contributed by atoms with Gasteiger partial charge in [0, 0.05) is 24.7 Å². The summed E-state index contributed by atoms with van der Waals surface area (Å²) in [6.07, 6.45) is 13.9. The lowest BCUT2D eigenvalue weighted by atomic mass is 10.1. The zero-order valence-electron chi connectivity index (χ0n) is 15.4. The van der Waals surface area contributed by atoms with Gasteiger partial charge < -0.3 is 16.2 Å². The number of nitrogens with two attached hydrogens (primary N) is 1. The molecule has 24 heavy (non-hydrogen) atoms. The van der Waals surface area contributed by atoms with E-state index < -0.39 is 0 Å². The molecule has 0 spiro atoms. The Balaban J connectivity index is 2.05. The van der Waals surface area contributed by atoms with E-state index in [1.165, 1.54) is 57.8 Å². The second kappa shape index (κ2) is 14.2. The zero-order valence-corrected chi connectivity index (χ0v) is 15.4. The Bertz CT molecular complexity index is 426. The van der Waals surface area contributed by atoms with Gasteiger partial charge in [-0.05, 0) is 26.3 Å². The molecule has 0 aliphatic heterocycles. The Labute approximate surface area is 147 Å². The molecule has 0 unspecified atom stereocenters. The van der Waals surface area contributed by atoms with Crippen LogP contribution in [0.4, 0.5) is 5.82 Å². The van der Waals surface area contributed by atoms with E-state index in [4.69, 9.17) is 10.8 Å². The molecule has 0 saturated heterocycles. The second-order valence-electron chi connectivity index (χ2n) is 6.54. The van der Waals surface area contributed by atoms with Crippen LogP contribution in [-0.2, 0) is 6.42 Å². The fourth-order valence-electron chi connectivity index (χ4n) is 2.86. The fraction of sp³-hybridized carbons (Fsp3) is 0.789. The Kier molecular flexibility index (Phi) is 12.3. The van der Waals surface area contributed by atoms with Crippen LogP contribution in [0.5, 0.6) is 0 Å². The zero-order chi connectivity index (χ0) is 17.5. The van der Waals surface area contributed by atoms with Crippen LogP contribution in [0.1, 0.15) is 75.7 Å². The first-order chi connectivity index (χ1) is 11.8. The minimum absolute atomic E-state index is 0.116. The number of unbranched alkanes of at least 4 members (excludes halogenated alkanes) is 9. The summed E-state index contributed by atoms with van der Waals surface area (Å²) in [6.45, 7) is 3.47. The first kappa shape index (κ1) is 20.8. The van der Waals surface area contributed by atoms with Crippen LogP contribution in [0.15, 0.2) is 6.07 Å². The summed E-state index contributed by atoms with van der Waals surface area (Å²) < 4.78 is 0. The van der Waals surface area contributed by atoms with E-state index in [0.717, 1.165) is 36.7 Å². The van der Waals surface area contributed by atoms with Crippen molar-refractivity contribution in [3.8, 4) is 0 Å². The maximum absolute atomic E-state index is 8.87. The normalized spacial score (nSPS) is 11.0. The van der Waals surface area contributed by atoms with Crippen molar-refractivity contribution < 1.29 is 5.11 Å². The topological polar surface area (TPSA) is 84.1 Å². The molecular weight excluding hydrogens is 300 g/mol. The molecule has 0 saturated carbocycles. The van der Waals surface area contributed by atoms with E-state index in [9.17, 15) is 0 Å². The highest BCUT2D eigenvalue weighted by Gasteiger charge is 2.02. The molecule has 1 rings (SSSR count). The maximum Gasteiger partial charge on any atom is 0.130 e. The number of anilines is 1. The Morgan fingerprint density at radius 3 is 2.08 bits per heavy atom. The van der Waals surface area contributed by atoms with Crippen molar-refractivity contribution in [2.24, 2.45) is 5.73 Å². The molecule has 0 radical (unpaired) electrons. The third kappa shape index (κ3) is 10.6. The lowest BCUT2D eigenvalue weighted by Gasteiger charge is -2.07. The molecule has 0 fully saturated rings. The smallest absolute Gasteiger partial charge is 0.130 e. The van der Waals surface area contributed by atoms with Crippen LogP contribution in [0.25, 0.3) is 0 Å². The van der Waals surface area contributed by atoms with Gasteiger partial charge in [0.1, 0.15) is 11.6 Å². The summed E-state index contributed by atoms with van der Waals surface area (Å²) in [4.78, 5) is 9.01. The van der Waals surface area contributed by atoms with Gasteiger partial charge in [-0.2, -0.15) is 0 Å². The van der Waals surface area contributed by atoms with Gasteiger partial charge in [-0.1, -0.05) is 51.4 Å². The highest BCUT2D eigenvalue weighted by Crippen LogP contribution is 2.12. The molecule has 1 aromatic rings. The summed E-state index contributed by atoms with van der Waals surface area (Å²) >= 11 is 0. The monoisotopic (exact) mass is 336 g/mol. The summed E-state index contributed by atoms with van der Waals surface area (Å²) in [7, 11) is 0. The largest absolute Gasteiger partial charge is 0.395 e. The molecule has 138 valence electrons. The van der Waals surface area contributed by atoms with Crippen LogP contribution >= 0.6 is 0 Å². The van der Waals surface area contributed by atoms with Crippen molar-refractivity contribution in [3.63, 3.8) is 0 Å². The average Bonchev–Trinajstić information content (AvgIpc) is 2.57. The van der Waals surface area contributed by atoms with E-state index in [0.29, 0.717) is 6.54 Å². The molecule has 5 heteroatoms. The highest BCUT2D eigenvalue weighted by molar-refractivity contribution is 5.35. The molecule has 0 bridgehead atoms. The Hall–Kier alpha value is -1.20. The quantitative estimate of drug-likeness (QED) is 0.426. The number of nitrogens with one attached hydrogen (secondary N) is 1. The van der Waals surface area contributed by atoms with Crippen LogP contribution in [0.3, 0.4) is 0 Å². The molecule has 4 N–H and O–H groups in total. The Morgan fingerprint density at radius 2 is 1.50 bits per heavy atom. The minimum Gasteiger partial charge on any atom is -0.395 e. The molecule has 1 heterocycles. The predicted octanol–water partition coefficient (Wildman–Crippen LogP) is 3.59. The number of hydrogen-bond acceptors (Lipinski definition) is 5. The van der Waals surface area contributed by atoms with Crippen LogP contribution < -0.4 is 11.1 Å². The number of aromatic nitrogens is 2. The number of rotatable bonds is 15. The maximum atomic E-state index is 8.87. The van der Waals surface area contributed by atoms with E-state index in [2.05, 4.69) is 15.3 Å². The van der Waals surface area contributed by atoms with Gasteiger partial charge in [0.25, 0.3) is 0 Å². The number of aliphatic hydroxyl groups is 1. The molecule has 1 aromatic heterocycles. The molecule has 0 amide bonds. The first-order valence-electron chi connectivity index (χ1n) is 9.65. The highest BCUT2D eigenvalue weighted by atomic mass is 16.3. The lowest BCUT2D eigenvalue weighted by Crippen LogP contribution is -2.09. The Morgan fingerprint density at radius 1 is 0.917 bits per heavy atom. The molecular formula is C19H36N4O. The average molecular weight is 337 g/mol. The van der Waals surface area contributed by atoms with Gasteiger partial charge >= 0.3 is 0 Å². The van der Waals surface area contributed by atoms with E-state index in [-0.39, 0.29) is 6.61 Å². The second-order valence-corrected chi connectivity index (χ2v) is 6.54. The van der Waals surface area contributed by atoms with Crippen molar-refractivity contribution >= 4 is 5.82 Å². The van der Waals surface area contributed by atoms with Crippen molar-refractivity contribution in [1.82, 2.24) is 9.97 Å². The SMILES string of the molecule is Cc1cc(NCCO)nc(CCCCCCCCCCCCN)n1. The minimum atomic E-state index is 0.116. The number of aryl methyl sites for hydroxylation is 2. The van der Waals surface area contributed by atoms with E-state index in [1.54, 1.807) is 0 Å². The van der Waals surface area contributed by atoms with Gasteiger partial charge in [-0.25, -0.2) is 9.97 Å². The number of hydrogen-bond donors (Lipinski definition) is 3. The molecule has 0 atom stereocenters. The van der Waals surface area contributed by atoms with Crippen molar-refractivity contribution in [2.75, 3.05) is 25.0 Å². The van der Waals surface area contributed by atoms with Crippen LogP contribution in [-0.4, -0.2) is 34.8 Å². The van der Waals surface area contributed by atoms with Gasteiger partial charge in [0.05, 0.1) is 6.61 Å². The first-order valence-corrected chi connectivity index (χ1v) is 9.65. The molecule has 0 aromatic carbocycles. The van der Waals surface area contributed by atoms with Crippen LogP contribution in [0.2, 0.25) is 0 Å². The van der Waals surface area contributed by atoms with E-state index >= 15 is 0 Å². The third-order valence-electron chi connectivity index (χ3n) is 4.17. The van der Waals surface area contributed by atoms with Crippen molar-refractivity contribution in [3.05, 3.63) is 17.6 Å². The predicted molar refractivity (Wildman–Crippen MR) is 101 cm³/mol. The number of aliphatic hydroxyl groups excluding tert-OH is 1. The fourth-order valence-corrected chi connectivity index (χ4v) is 2.86.